The number of piperidine rings is 1. The second-order valence-electron chi connectivity index (χ2n) is 4.92. The highest BCUT2D eigenvalue weighted by molar-refractivity contribution is 5.76. The van der Waals surface area contributed by atoms with Crippen molar-refractivity contribution in [2.75, 3.05) is 13.1 Å². The summed E-state index contributed by atoms with van der Waals surface area (Å²) in [6.45, 7) is 6.07. The molecule has 1 aliphatic rings. The van der Waals surface area contributed by atoms with Gasteiger partial charge in [-0.25, -0.2) is 0 Å². The van der Waals surface area contributed by atoms with Gasteiger partial charge in [0.2, 0.25) is 5.91 Å². The van der Waals surface area contributed by atoms with Crippen molar-refractivity contribution in [1.29, 1.82) is 0 Å². The first-order valence-electron chi connectivity index (χ1n) is 6.72. The van der Waals surface area contributed by atoms with Crippen LogP contribution in [0.25, 0.3) is 0 Å². The highest BCUT2D eigenvalue weighted by Gasteiger charge is 2.27. The van der Waals surface area contributed by atoms with Crippen LogP contribution in [0.4, 0.5) is 0 Å². The number of hydrogen-bond donors (Lipinski definition) is 1. The monoisotopic (exact) mass is 226 g/mol. The minimum Gasteiger partial charge on any atom is -0.342 e. The van der Waals surface area contributed by atoms with Gasteiger partial charge < -0.3 is 10.6 Å². The summed E-state index contributed by atoms with van der Waals surface area (Å²) < 4.78 is 0. The van der Waals surface area contributed by atoms with Gasteiger partial charge in [-0.1, -0.05) is 33.1 Å². The zero-order valence-corrected chi connectivity index (χ0v) is 10.7. The van der Waals surface area contributed by atoms with E-state index in [1.54, 1.807) is 0 Å². The lowest BCUT2D eigenvalue weighted by molar-refractivity contribution is -0.133. The molecule has 2 unspecified atom stereocenters. The summed E-state index contributed by atoms with van der Waals surface area (Å²) in [6.07, 6.45) is 6.15. The molecule has 2 atom stereocenters. The number of amides is 1. The molecular weight excluding hydrogens is 200 g/mol. The van der Waals surface area contributed by atoms with E-state index in [-0.39, 0.29) is 0 Å². The molecule has 3 nitrogen and oxygen atoms in total. The van der Waals surface area contributed by atoms with Crippen molar-refractivity contribution >= 4 is 5.91 Å². The highest BCUT2D eigenvalue weighted by atomic mass is 16.2. The summed E-state index contributed by atoms with van der Waals surface area (Å²) >= 11 is 0. The summed E-state index contributed by atoms with van der Waals surface area (Å²) in [5, 5.41) is 0. The largest absolute Gasteiger partial charge is 0.342 e. The average Bonchev–Trinajstić information content (AvgIpc) is 2.30. The molecule has 0 bridgehead atoms. The molecule has 0 radical (unpaired) electrons. The van der Waals surface area contributed by atoms with E-state index in [0.29, 0.717) is 17.9 Å². The van der Waals surface area contributed by atoms with E-state index in [1.807, 2.05) is 4.90 Å². The predicted molar refractivity (Wildman–Crippen MR) is 67.1 cm³/mol. The van der Waals surface area contributed by atoms with Gasteiger partial charge >= 0.3 is 0 Å². The highest BCUT2D eigenvalue weighted by Crippen LogP contribution is 2.19. The third kappa shape index (κ3) is 3.78. The molecule has 1 fully saturated rings. The zero-order valence-electron chi connectivity index (χ0n) is 10.7. The van der Waals surface area contributed by atoms with Crippen LogP contribution in [-0.4, -0.2) is 29.9 Å². The minimum absolute atomic E-state index is 0.296. The van der Waals surface area contributed by atoms with E-state index >= 15 is 0 Å². The van der Waals surface area contributed by atoms with Crippen molar-refractivity contribution in [1.82, 2.24) is 4.90 Å². The van der Waals surface area contributed by atoms with Gasteiger partial charge in [-0.2, -0.15) is 0 Å². The third-order valence-electron chi connectivity index (χ3n) is 3.66. The van der Waals surface area contributed by atoms with Crippen molar-refractivity contribution in [2.45, 2.75) is 58.4 Å². The maximum atomic E-state index is 11.9. The summed E-state index contributed by atoms with van der Waals surface area (Å²) in [5.41, 5.74) is 6.04. The lowest BCUT2D eigenvalue weighted by Crippen LogP contribution is -2.48. The fraction of sp³-hybridized carbons (Fsp3) is 0.923. The molecule has 0 aliphatic carbocycles. The Labute approximate surface area is 99.4 Å². The molecule has 94 valence electrons. The third-order valence-corrected chi connectivity index (χ3v) is 3.66. The van der Waals surface area contributed by atoms with E-state index < -0.39 is 0 Å². The lowest BCUT2D eigenvalue weighted by atomic mass is 9.90. The van der Waals surface area contributed by atoms with Crippen molar-refractivity contribution < 1.29 is 4.79 Å². The molecule has 0 aromatic rings. The van der Waals surface area contributed by atoms with Gasteiger partial charge in [0, 0.05) is 25.6 Å². The Bertz CT molecular complexity index is 218. The van der Waals surface area contributed by atoms with Crippen LogP contribution < -0.4 is 5.73 Å². The SMILES string of the molecule is CCCCCC(=O)N1CCC(N)C(CC)C1. The molecule has 0 spiro atoms. The van der Waals surface area contributed by atoms with E-state index in [1.165, 1.54) is 6.42 Å². The first kappa shape index (κ1) is 13.5. The predicted octanol–water partition coefficient (Wildman–Crippen LogP) is 2.15. The number of unbranched alkanes of at least 4 members (excludes halogenated alkanes) is 2. The average molecular weight is 226 g/mol. The van der Waals surface area contributed by atoms with Crippen LogP contribution in [-0.2, 0) is 4.79 Å². The van der Waals surface area contributed by atoms with Crippen molar-refractivity contribution in [3.63, 3.8) is 0 Å². The fourth-order valence-electron chi connectivity index (χ4n) is 2.39. The number of nitrogens with zero attached hydrogens (tertiary/aromatic N) is 1. The summed E-state index contributed by atoms with van der Waals surface area (Å²) in [7, 11) is 0. The molecule has 2 N–H and O–H groups in total. The molecule has 1 aliphatic heterocycles. The van der Waals surface area contributed by atoms with E-state index in [2.05, 4.69) is 13.8 Å². The molecule has 1 rings (SSSR count). The second-order valence-corrected chi connectivity index (χ2v) is 4.92. The van der Waals surface area contributed by atoms with Crippen molar-refractivity contribution in [3.05, 3.63) is 0 Å². The molecule has 1 heterocycles. The number of nitrogens with two attached hydrogens (primary N) is 1. The maximum absolute atomic E-state index is 11.9. The Hall–Kier alpha value is -0.570. The Balaban J connectivity index is 2.33. The molecular formula is C13H26N2O. The van der Waals surface area contributed by atoms with Gasteiger partial charge in [0.15, 0.2) is 0 Å². The van der Waals surface area contributed by atoms with Crippen LogP contribution in [0.2, 0.25) is 0 Å². The zero-order chi connectivity index (χ0) is 12.0. The van der Waals surface area contributed by atoms with Gasteiger partial charge in [-0.3, -0.25) is 4.79 Å². The van der Waals surface area contributed by atoms with E-state index in [4.69, 9.17) is 5.73 Å². The van der Waals surface area contributed by atoms with E-state index in [0.717, 1.165) is 45.2 Å². The van der Waals surface area contributed by atoms with Crippen molar-refractivity contribution in [3.8, 4) is 0 Å². The van der Waals surface area contributed by atoms with Crippen LogP contribution in [0.3, 0.4) is 0 Å². The second kappa shape index (κ2) is 6.89. The molecule has 0 saturated carbocycles. The smallest absolute Gasteiger partial charge is 0.222 e. The van der Waals surface area contributed by atoms with Crippen molar-refractivity contribution in [2.24, 2.45) is 11.7 Å². The van der Waals surface area contributed by atoms with Crippen LogP contribution in [0, 0.1) is 5.92 Å². The van der Waals surface area contributed by atoms with Gasteiger partial charge in [-0.05, 0) is 18.8 Å². The minimum atomic E-state index is 0.296. The lowest BCUT2D eigenvalue weighted by Gasteiger charge is -2.36. The van der Waals surface area contributed by atoms with Gasteiger partial charge in [-0.15, -0.1) is 0 Å². The summed E-state index contributed by atoms with van der Waals surface area (Å²) in [5.74, 6) is 0.836. The molecule has 0 aromatic carbocycles. The van der Waals surface area contributed by atoms with Gasteiger partial charge in [0.05, 0.1) is 0 Å². The summed E-state index contributed by atoms with van der Waals surface area (Å²) in [6, 6.07) is 0.296. The molecule has 0 aromatic heterocycles. The van der Waals surface area contributed by atoms with Gasteiger partial charge in [0.25, 0.3) is 0 Å². The molecule has 16 heavy (non-hydrogen) atoms. The number of carbonyl (C=O) groups is 1. The van der Waals surface area contributed by atoms with Gasteiger partial charge in [0.1, 0.15) is 0 Å². The van der Waals surface area contributed by atoms with Crippen LogP contribution in [0.5, 0.6) is 0 Å². The quantitative estimate of drug-likeness (QED) is 0.730. The fourth-order valence-corrected chi connectivity index (χ4v) is 2.39. The first-order valence-corrected chi connectivity index (χ1v) is 6.72. The number of hydrogen-bond acceptors (Lipinski definition) is 2. The Kier molecular flexibility index (Phi) is 5.81. The van der Waals surface area contributed by atoms with Crippen LogP contribution >= 0.6 is 0 Å². The number of likely N-dealkylation sites (tertiary alicyclic amines) is 1. The Morgan fingerprint density at radius 1 is 1.38 bits per heavy atom. The van der Waals surface area contributed by atoms with E-state index in [9.17, 15) is 4.79 Å². The van der Waals surface area contributed by atoms with Crippen LogP contribution in [0.1, 0.15) is 52.4 Å². The number of rotatable bonds is 5. The van der Waals surface area contributed by atoms with Crippen LogP contribution in [0.15, 0.2) is 0 Å². The maximum Gasteiger partial charge on any atom is 0.222 e. The molecule has 1 saturated heterocycles. The normalized spacial score (nSPS) is 25.8. The molecule has 1 amide bonds. The first-order chi connectivity index (χ1) is 7.69. The molecule has 3 heteroatoms. The summed E-state index contributed by atoms with van der Waals surface area (Å²) in [4.78, 5) is 13.9. The number of carbonyl (C=O) groups excluding carboxylic acids is 1. The Morgan fingerprint density at radius 3 is 2.75 bits per heavy atom. The standard InChI is InChI=1S/C13H26N2O/c1-3-5-6-7-13(16)15-9-8-12(14)11(4-2)10-15/h11-12H,3-10,14H2,1-2H3. The Morgan fingerprint density at radius 2 is 2.12 bits per heavy atom. The topological polar surface area (TPSA) is 46.3 Å².